The summed E-state index contributed by atoms with van der Waals surface area (Å²) in [5.74, 6) is 0.677. The fourth-order valence-electron chi connectivity index (χ4n) is 1.24. The highest BCUT2D eigenvalue weighted by Crippen LogP contribution is 2.26. The molecule has 0 fully saturated rings. The van der Waals surface area contributed by atoms with Gasteiger partial charge in [0.2, 0.25) is 0 Å². The summed E-state index contributed by atoms with van der Waals surface area (Å²) in [5, 5.41) is 12.5. The van der Waals surface area contributed by atoms with E-state index in [0.717, 1.165) is 18.5 Å². The molecule has 0 aliphatic rings. The third-order valence-corrected chi connectivity index (χ3v) is 2.08. The minimum absolute atomic E-state index is 0.171. The Hall–Kier alpha value is -1.48. The average Bonchev–Trinajstić information content (AvgIpc) is 2.26. The molecular formula is C12H17NO2. The molecule has 1 aromatic carbocycles. The van der Waals surface area contributed by atoms with Crippen molar-refractivity contribution in [3.8, 4) is 11.5 Å². The van der Waals surface area contributed by atoms with Crippen molar-refractivity contribution in [3.63, 3.8) is 0 Å². The second-order valence-corrected chi connectivity index (χ2v) is 3.23. The van der Waals surface area contributed by atoms with Gasteiger partial charge in [-0.1, -0.05) is 18.2 Å². The lowest BCUT2D eigenvalue weighted by atomic mass is 10.2. The Morgan fingerprint density at radius 2 is 2.27 bits per heavy atom. The maximum absolute atomic E-state index is 9.39. The number of aromatic hydroxyl groups is 1. The van der Waals surface area contributed by atoms with Crippen LogP contribution in [-0.2, 0) is 0 Å². The molecule has 0 radical (unpaired) electrons. The summed E-state index contributed by atoms with van der Waals surface area (Å²) in [5.41, 5.74) is 1.03. The van der Waals surface area contributed by atoms with Crippen LogP contribution >= 0.6 is 0 Å². The molecule has 82 valence electrons. The van der Waals surface area contributed by atoms with Crippen molar-refractivity contribution in [2.24, 2.45) is 0 Å². The Morgan fingerprint density at radius 1 is 1.47 bits per heavy atom. The topological polar surface area (TPSA) is 41.5 Å². The Bertz CT molecular complexity index is 334. The van der Waals surface area contributed by atoms with Crippen molar-refractivity contribution in [1.82, 2.24) is 5.32 Å². The van der Waals surface area contributed by atoms with E-state index in [4.69, 9.17) is 4.74 Å². The number of phenols is 1. The van der Waals surface area contributed by atoms with E-state index in [1.54, 1.807) is 13.2 Å². The van der Waals surface area contributed by atoms with E-state index in [0.29, 0.717) is 5.75 Å². The third-order valence-electron chi connectivity index (χ3n) is 2.08. The predicted octanol–water partition coefficient (Wildman–Crippen LogP) is 2.02. The summed E-state index contributed by atoms with van der Waals surface area (Å²) in [6.07, 6.45) is 5.08. The zero-order valence-electron chi connectivity index (χ0n) is 9.16. The van der Waals surface area contributed by atoms with Gasteiger partial charge in [0.25, 0.3) is 0 Å². The Morgan fingerprint density at radius 3 is 2.93 bits per heavy atom. The molecule has 0 unspecified atom stereocenters. The lowest BCUT2D eigenvalue weighted by Crippen LogP contribution is -2.05. The molecular weight excluding hydrogens is 190 g/mol. The van der Waals surface area contributed by atoms with E-state index in [1.165, 1.54) is 0 Å². The van der Waals surface area contributed by atoms with Gasteiger partial charge < -0.3 is 15.2 Å². The number of ether oxygens (including phenoxy) is 1. The molecule has 2 N–H and O–H groups in total. The lowest BCUT2D eigenvalue weighted by molar-refractivity contribution is 0.373. The summed E-state index contributed by atoms with van der Waals surface area (Å²) >= 11 is 0. The van der Waals surface area contributed by atoms with Gasteiger partial charge in [0.1, 0.15) is 0 Å². The van der Waals surface area contributed by atoms with Crippen molar-refractivity contribution in [2.75, 3.05) is 20.7 Å². The van der Waals surface area contributed by atoms with Crippen LogP contribution in [0.2, 0.25) is 0 Å². The molecule has 0 amide bonds. The average molecular weight is 207 g/mol. The molecule has 3 nitrogen and oxygen atoms in total. The van der Waals surface area contributed by atoms with Crippen LogP contribution in [0.25, 0.3) is 6.08 Å². The van der Waals surface area contributed by atoms with Crippen molar-refractivity contribution in [2.45, 2.75) is 6.42 Å². The second kappa shape index (κ2) is 6.09. The third kappa shape index (κ3) is 3.64. The highest BCUT2D eigenvalue weighted by Gasteiger charge is 1.99. The van der Waals surface area contributed by atoms with Gasteiger partial charge in [-0.05, 0) is 37.7 Å². The Balaban J connectivity index is 2.65. The van der Waals surface area contributed by atoms with E-state index in [1.807, 2.05) is 25.3 Å². The molecule has 15 heavy (non-hydrogen) atoms. The molecule has 0 saturated carbocycles. The normalized spacial score (nSPS) is 10.8. The molecule has 0 spiro atoms. The van der Waals surface area contributed by atoms with Gasteiger partial charge in [0, 0.05) is 0 Å². The molecule has 0 aliphatic heterocycles. The molecule has 0 saturated heterocycles. The molecule has 0 bridgehead atoms. The van der Waals surface area contributed by atoms with E-state index in [2.05, 4.69) is 11.4 Å². The van der Waals surface area contributed by atoms with E-state index >= 15 is 0 Å². The molecule has 0 aromatic heterocycles. The number of hydrogen-bond donors (Lipinski definition) is 2. The number of methoxy groups -OCH3 is 1. The number of rotatable bonds is 5. The van der Waals surface area contributed by atoms with Crippen LogP contribution in [0, 0.1) is 0 Å². The monoisotopic (exact) mass is 207 g/mol. The van der Waals surface area contributed by atoms with Crippen molar-refractivity contribution in [1.29, 1.82) is 0 Å². The standard InChI is InChI=1S/C12H17NO2/c1-13-8-4-3-5-10-6-7-11(14)12(9-10)15-2/h3,5-7,9,13-14H,4,8H2,1-2H3. The van der Waals surface area contributed by atoms with Gasteiger partial charge in [-0.2, -0.15) is 0 Å². The first-order valence-electron chi connectivity index (χ1n) is 4.96. The zero-order valence-corrected chi connectivity index (χ0v) is 9.16. The van der Waals surface area contributed by atoms with Crippen molar-refractivity contribution in [3.05, 3.63) is 29.8 Å². The van der Waals surface area contributed by atoms with Gasteiger partial charge in [0.05, 0.1) is 7.11 Å². The van der Waals surface area contributed by atoms with Gasteiger partial charge in [-0.3, -0.25) is 0 Å². The molecule has 3 heteroatoms. The molecule has 0 aliphatic carbocycles. The van der Waals surface area contributed by atoms with Gasteiger partial charge in [0.15, 0.2) is 11.5 Å². The van der Waals surface area contributed by atoms with Gasteiger partial charge in [-0.25, -0.2) is 0 Å². The van der Waals surface area contributed by atoms with Crippen LogP contribution in [0.4, 0.5) is 0 Å². The maximum atomic E-state index is 9.39. The van der Waals surface area contributed by atoms with E-state index < -0.39 is 0 Å². The van der Waals surface area contributed by atoms with Crippen molar-refractivity contribution < 1.29 is 9.84 Å². The largest absolute Gasteiger partial charge is 0.504 e. The smallest absolute Gasteiger partial charge is 0.161 e. The van der Waals surface area contributed by atoms with E-state index in [9.17, 15) is 5.11 Å². The number of phenolic OH excluding ortho intramolecular Hbond substituents is 1. The summed E-state index contributed by atoms with van der Waals surface area (Å²) in [6.45, 7) is 0.964. The van der Waals surface area contributed by atoms with Crippen LogP contribution in [0.15, 0.2) is 24.3 Å². The van der Waals surface area contributed by atoms with Crippen LogP contribution < -0.4 is 10.1 Å². The Labute approximate surface area is 90.4 Å². The second-order valence-electron chi connectivity index (χ2n) is 3.23. The number of nitrogens with one attached hydrogen (secondary N) is 1. The first kappa shape index (κ1) is 11.6. The summed E-state index contributed by atoms with van der Waals surface area (Å²) < 4.78 is 5.02. The zero-order chi connectivity index (χ0) is 11.1. The maximum Gasteiger partial charge on any atom is 0.161 e. The molecule has 0 heterocycles. The summed E-state index contributed by atoms with van der Waals surface area (Å²) in [6, 6.07) is 5.30. The SMILES string of the molecule is CNCCC=Cc1ccc(O)c(OC)c1. The van der Waals surface area contributed by atoms with Gasteiger partial charge in [-0.15, -0.1) is 0 Å². The van der Waals surface area contributed by atoms with Crippen molar-refractivity contribution >= 4 is 6.08 Å². The minimum Gasteiger partial charge on any atom is -0.504 e. The summed E-state index contributed by atoms with van der Waals surface area (Å²) in [4.78, 5) is 0. The first-order chi connectivity index (χ1) is 7.27. The van der Waals surface area contributed by atoms with Crippen LogP contribution in [0.1, 0.15) is 12.0 Å². The minimum atomic E-state index is 0.171. The van der Waals surface area contributed by atoms with Crippen LogP contribution in [-0.4, -0.2) is 25.8 Å². The molecule has 1 rings (SSSR count). The number of hydrogen-bond acceptors (Lipinski definition) is 3. The fourth-order valence-corrected chi connectivity index (χ4v) is 1.24. The first-order valence-corrected chi connectivity index (χ1v) is 4.96. The quantitative estimate of drug-likeness (QED) is 0.726. The van der Waals surface area contributed by atoms with E-state index in [-0.39, 0.29) is 5.75 Å². The highest BCUT2D eigenvalue weighted by atomic mass is 16.5. The molecule has 1 aromatic rings. The van der Waals surface area contributed by atoms with Crippen LogP contribution in [0.3, 0.4) is 0 Å². The Kier molecular flexibility index (Phi) is 4.71. The fraction of sp³-hybridized carbons (Fsp3) is 0.333. The van der Waals surface area contributed by atoms with Crippen LogP contribution in [0.5, 0.6) is 11.5 Å². The lowest BCUT2D eigenvalue weighted by Gasteiger charge is -2.03. The predicted molar refractivity (Wildman–Crippen MR) is 62.2 cm³/mol. The summed E-state index contributed by atoms with van der Waals surface area (Å²) in [7, 11) is 3.47. The van der Waals surface area contributed by atoms with Gasteiger partial charge >= 0.3 is 0 Å². The highest BCUT2D eigenvalue weighted by molar-refractivity contribution is 5.55. The molecule has 0 atom stereocenters. The number of benzene rings is 1.